The molecule has 2 amide bonds. The standard InChI is InChI=1S/C11H14N2O2/c1-8(14)13-11(15)10(12)7-9-5-3-2-4-6-9/h2-6,10H,7,12H2,1H3,(H,13,14,15)/t10-/m0/s1. The number of hydrogen-bond donors (Lipinski definition) is 2. The number of carbonyl (C=O) groups is 2. The summed E-state index contributed by atoms with van der Waals surface area (Å²) in [5.41, 5.74) is 6.61. The van der Waals surface area contributed by atoms with E-state index in [1.165, 1.54) is 6.92 Å². The predicted molar refractivity (Wildman–Crippen MR) is 56.9 cm³/mol. The number of imide groups is 1. The highest BCUT2D eigenvalue weighted by molar-refractivity contribution is 5.96. The lowest BCUT2D eigenvalue weighted by molar-refractivity contribution is -0.130. The number of nitrogens with one attached hydrogen (secondary N) is 1. The van der Waals surface area contributed by atoms with Crippen molar-refractivity contribution in [3.63, 3.8) is 0 Å². The number of nitrogens with two attached hydrogens (primary N) is 1. The van der Waals surface area contributed by atoms with Crippen molar-refractivity contribution >= 4 is 11.8 Å². The highest BCUT2D eigenvalue weighted by atomic mass is 16.2. The molecule has 1 aromatic rings. The molecule has 15 heavy (non-hydrogen) atoms. The van der Waals surface area contributed by atoms with Gasteiger partial charge in [-0.05, 0) is 12.0 Å². The van der Waals surface area contributed by atoms with Crippen molar-refractivity contribution in [2.45, 2.75) is 19.4 Å². The summed E-state index contributed by atoms with van der Waals surface area (Å²) in [7, 11) is 0. The smallest absolute Gasteiger partial charge is 0.243 e. The lowest BCUT2D eigenvalue weighted by atomic mass is 10.1. The molecule has 0 heterocycles. The van der Waals surface area contributed by atoms with E-state index in [0.29, 0.717) is 6.42 Å². The Morgan fingerprint density at radius 3 is 2.47 bits per heavy atom. The average molecular weight is 206 g/mol. The van der Waals surface area contributed by atoms with Crippen LogP contribution in [0.2, 0.25) is 0 Å². The monoisotopic (exact) mass is 206 g/mol. The van der Waals surface area contributed by atoms with Crippen LogP contribution in [0, 0.1) is 0 Å². The van der Waals surface area contributed by atoms with Crippen molar-refractivity contribution in [2.75, 3.05) is 0 Å². The first-order valence-corrected chi connectivity index (χ1v) is 4.70. The molecule has 80 valence electrons. The van der Waals surface area contributed by atoms with Crippen molar-refractivity contribution in [3.8, 4) is 0 Å². The first kappa shape index (κ1) is 11.4. The maximum atomic E-state index is 11.3. The van der Waals surface area contributed by atoms with Crippen LogP contribution in [-0.4, -0.2) is 17.9 Å². The molecule has 0 aliphatic rings. The Bertz CT molecular complexity index is 349. The van der Waals surface area contributed by atoms with Crippen molar-refractivity contribution in [2.24, 2.45) is 5.73 Å². The van der Waals surface area contributed by atoms with Gasteiger partial charge in [-0.1, -0.05) is 30.3 Å². The van der Waals surface area contributed by atoms with E-state index in [4.69, 9.17) is 5.73 Å². The van der Waals surface area contributed by atoms with Crippen LogP contribution in [0.25, 0.3) is 0 Å². The third kappa shape index (κ3) is 3.91. The highest BCUT2D eigenvalue weighted by Gasteiger charge is 2.14. The summed E-state index contributed by atoms with van der Waals surface area (Å²) >= 11 is 0. The first-order valence-electron chi connectivity index (χ1n) is 4.70. The van der Waals surface area contributed by atoms with Crippen LogP contribution >= 0.6 is 0 Å². The molecule has 3 N–H and O–H groups in total. The van der Waals surface area contributed by atoms with E-state index < -0.39 is 11.9 Å². The van der Waals surface area contributed by atoms with Gasteiger partial charge in [0.05, 0.1) is 6.04 Å². The van der Waals surface area contributed by atoms with Crippen LogP contribution in [-0.2, 0) is 16.0 Å². The molecule has 0 saturated carbocycles. The van der Waals surface area contributed by atoms with Gasteiger partial charge in [-0.25, -0.2) is 0 Å². The summed E-state index contributed by atoms with van der Waals surface area (Å²) in [4.78, 5) is 21.9. The van der Waals surface area contributed by atoms with Crippen LogP contribution in [0.15, 0.2) is 30.3 Å². The van der Waals surface area contributed by atoms with E-state index in [1.807, 2.05) is 30.3 Å². The Hall–Kier alpha value is -1.68. The minimum atomic E-state index is -0.684. The molecule has 1 atom stereocenters. The molecule has 1 rings (SSSR count). The summed E-state index contributed by atoms with van der Waals surface area (Å²) in [6.45, 7) is 1.28. The minimum absolute atomic E-state index is 0.386. The maximum Gasteiger partial charge on any atom is 0.243 e. The topological polar surface area (TPSA) is 72.2 Å². The van der Waals surface area contributed by atoms with Crippen LogP contribution in [0.4, 0.5) is 0 Å². The van der Waals surface area contributed by atoms with Crippen molar-refractivity contribution < 1.29 is 9.59 Å². The average Bonchev–Trinajstić information content (AvgIpc) is 2.18. The molecule has 0 spiro atoms. The second-order valence-electron chi connectivity index (χ2n) is 3.34. The molecule has 4 nitrogen and oxygen atoms in total. The molecule has 0 saturated heterocycles. The fourth-order valence-corrected chi connectivity index (χ4v) is 1.23. The van der Waals surface area contributed by atoms with Crippen molar-refractivity contribution in [1.82, 2.24) is 5.32 Å². The fraction of sp³-hybridized carbons (Fsp3) is 0.273. The zero-order valence-electron chi connectivity index (χ0n) is 8.57. The molecular weight excluding hydrogens is 192 g/mol. The lowest BCUT2D eigenvalue weighted by Gasteiger charge is -2.10. The Labute approximate surface area is 88.5 Å². The van der Waals surface area contributed by atoms with Gasteiger partial charge < -0.3 is 5.73 Å². The predicted octanol–water partition coefficient (Wildman–Crippen LogP) is 0.219. The van der Waals surface area contributed by atoms with Gasteiger partial charge in [0.15, 0.2) is 0 Å². The molecule has 0 radical (unpaired) electrons. The van der Waals surface area contributed by atoms with E-state index in [2.05, 4.69) is 5.32 Å². The number of hydrogen-bond acceptors (Lipinski definition) is 3. The maximum absolute atomic E-state index is 11.3. The van der Waals surface area contributed by atoms with Gasteiger partial charge in [0.25, 0.3) is 0 Å². The number of rotatable bonds is 3. The van der Waals surface area contributed by atoms with Crippen LogP contribution in [0.5, 0.6) is 0 Å². The van der Waals surface area contributed by atoms with Crippen molar-refractivity contribution in [1.29, 1.82) is 0 Å². The summed E-state index contributed by atoms with van der Waals surface area (Å²) in [6, 6.07) is 8.75. The van der Waals surface area contributed by atoms with Crippen LogP contribution in [0.1, 0.15) is 12.5 Å². The molecule has 0 aromatic heterocycles. The quantitative estimate of drug-likeness (QED) is 0.743. The zero-order chi connectivity index (χ0) is 11.3. The Kier molecular flexibility index (Phi) is 4.00. The molecule has 0 aliphatic heterocycles. The minimum Gasteiger partial charge on any atom is -0.320 e. The molecule has 0 unspecified atom stereocenters. The van der Waals surface area contributed by atoms with E-state index in [-0.39, 0.29) is 5.91 Å². The summed E-state index contributed by atoms with van der Waals surface area (Å²) in [6.07, 6.45) is 0.431. The highest BCUT2D eigenvalue weighted by Crippen LogP contribution is 2.01. The second kappa shape index (κ2) is 5.26. The SMILES string of the molecule is CC(=O)NC(=O)[C@@H](N)Cc1ccccc1. The largest absolute Gasteiger partial charge is 0.320 e. The first-order chi connectivity index (χ1) is 7.09. The number of amides is 2. The Balaban J connectivity index is 2.52. The van der Waals surface area contributed by atoms with Gasteiger partial charge in [0.2, 0.25) is 11.8 Å². The molecule has 0 aliphatic carbocycles. The summed E-state index contributed by atoms with van der Waals surface area (Å²) < 4.78 is 0. The molecule has 4 heteroatoms. The molecule has 0 bridgehead atoms. The zero-order valence-corrected chi connectivity index (χ0v) is 8.57. The molecule has 0 fully saturated rings. The molecular formula is C11H14N2O2. The van der Waals surface area contributed by atoms with Gasteiger partial charge in [-0.2, -0.15) is 0 Å². The summed E-state index contributed by atoms with van der Waals surface area (Å²) in [5.74, 6) is -0.824. The Morgan fingerprint density at radius 1 is 1.33 bits per heavy atom. The normalized spacial score (nSPS) is 11.9. The van der Waals surface area contributed by atoms with Gasteiger partial charge in [0, 0.05) is 6.92 Å². The van der Waals surface area contributed by atoms with Gasteiger partial charge in [0.1, 0.15) is 0 Å². The lowest BCUT2D eigenvalue weighted by Crippen LogP contribution is -2.43. The third-order valence-corrected chi connectivity index (χ3v) is 1.93. The van der Waals surface area contributed by atoms with Crippen LogP contribution < -0.4 is 11.1 Å². The number of benzene rings is 1. The van der Waals surface area contributed by atoms with E-state index in [0.717, 1.165) is 5.56 Å². The third-order valence-electron chi connectivity index (χ3n) is 1.93. The fourth-order valence-electron chi connectivity index (χ4n) is 1.23. The Morgan fingerprint density at radius 2 is 1.93 bits per heavy atom. The van der Waals surface area contributed by atoms with Gasteiger partial charge in [-0.3, -0.25) is 14.9 Å². The van der Waals surface area contributed by atoms with Crippen LogP contribution in [0.3, 0.4) is 0 Å². The van der Waals surface area contributed by atoms with Gasteiger partial charge >= 0.3 is 0 Å². The molecule has 1 aromatic carbocycles. The number of carbonyl (C=O) groups excluding carboxylic acids is 2. The van der Waals surface area contributed by atoms with Crippen molar-refractivity contribution in [3.05, 3.63) is 35.9 Å². The second-order valence-corrected chi connectivity index (χ2v) is 3.34. The van der Waals surface area contributed by atoms with E-state index >= 15 is 0 Å². The van der Waals surface area contributed by atoms with Gasteiger partial charge in [-0.15, -0.1) is 0 Å². The van der Waals surface area contributed by atoms with E-state index in [9.17, 15) is 9.59 Å². The summed E-state index contributed by atoms with van der Waals surface area (Å²) in [5, 5.41) is 2.16. The van der Waals surface area contributed by atoms with E-state index in [1.54, 1.807) is 0 Å².